The maximum Gasteiger partial charge on any atom is 0.137 e. The third-order valence-corrected chi connectivity index (χ3v) is 6.19. The van der Waals surface area contributed by atoms with Crippen molar-refractivity contribution in [3.63, 3.8) is 0 Å². The quantitative estimate of drug-likeness (QED) is 0.450. The highest BCUT2D eigenvalue weighted by Crippen LogP contribution is 2.29. The zero-order valence-corrected chi connectivity index (χ0v) is 18.4. The monoisotopic (exact) mass is 425 g/mol. The number of furan rings is 1. The lowest BCUT2D eigenvalue weighted by Gasteiger charge is -2.34. The van der Waals surface area contributed by atoms with E-state index in [1.165, 1.54) is 18.7 Å². The third kappa shape index (κ3) is 4.05. The number of rotatable bonds is 6. The Kier molecular flexibility index (Phi) is 5.76. The van der Waals surface area contributed by atoms with Gasteiger partial charge in [0, 0.05) is 50.0 Å². The molecular formula is C26H27N5O. The van der Waals surface area contributed by atoms with Crippen molar-refractivity contribution >= 4 is 5.65 Å². The average Bonchev–Trinajstić information content (AvgIpc) is 3.49. The fourth-order valence-corrected chi connectivity index (χ4v) is 4.47. The molecule has 5 rings (SSSR count). The topological polar surface area (TPSA) is 60.7 Å². The van der Waals surface area contributed by atoms with Gasteiger partial charge in [0.2, 0.25) is 0 Å². The van der Waals surface area contributed by atoms with Crippen molar-refractivity contribution in [2.45, 2.75) is 19.9 Å². The molecule has 0 N–H and O–H groups in total. The van der Waals surface area contributed by atoms with Gasteiger partial charge in [0.25, 0.3) is 0 Å². The minimum Gasteiger partial charge on any atom is -0.464 e. The Morgan fingerprint density at radius 1 is 0.969 bits per heavy atom. The van der Waals surface area contributed by atoms with Gasteiger partial charge in [-0.1, -0.05) is 19.1 Å². The molecule has 6 nitrogen and oxygen atoms in total. The van der Waals surface area contributed by atoms with Crippen LogP contribution in [0.1, 0.15) is 24.6 Å². The van der Waals surface area contributed by atoms with Gasteiger partial charge in [0.15, 0.2) is 0 Å². The maximum absolute atomic E-state index is 9.18. The van der Waals surface area contributed by atoms with Gasteiger partial charge >= 0.3 is 0 Å². The van der Waals surface area contributed by atoms with Crippen molar-refractivity contribution in [3.05, 3.63) is 72.2 Å². The maximum atomic E-state index is 9.18. The largest absolute Gasteiger partial charge is 0.464 e. The molecule has 0 atom stereocenters. The van der Waals surface area contributed by atoms with Crippen LogP contribution in [-0.4, -0.2) is 51.9 Å². The molecule has 4 aromatic rings. The Labute approximate surface area is 188 Å². The lowest BCUT2D eigenvalue weighted by Crippen LogP contribution is -2.46. The summed E-state index contributed by atoms with van der Waals surface area (Å²) in [6, 6.07) is 17.9. The summed E-state index contributed by atoms with van der Waals surface area (Å²) in [6.45, 7) is 8.56. The molecule has 1 fully saturated rings. The van der Waals surface area contributed by atoms with Crippen LogP contribution >= 0.6 is 0 Å². The first kappa shape index (κ1) is 20.5. The number of fused-ring (bicyclic) bond motifs is 1. The van der Waals surface area contributed by atoms with Crippen LogP contribution in [-0.2, 0) is 6.54 Å². The predicted octanol–water partition coefficient (Wildman–Crippen LogP) is 4.66. The highest BCUT2D eigenvalue weighted by Gasteiger charge is 2.21. The fourth-order valence-electron chi connectivity index (χ4n) is 4.47. The van der Waals surface area contributed by atoms with Crippen molar-refractivity contribution in [1.82, 2.24) is 19.2 Å². The molecule has 1 aliphatic rings. The van der Waals surface area contributed by atoms with E-state index in [9.17, 15) is 5.26 Å². The number of benzene rings is 1. The van der Waals surface area contributed by atoms with Crippen molar-refractivity contribution in [2.24, 2.45) is 0 Å². The molecule has 162 valence electrons. The van der Waals surface area contributed by atoms with E-state index in [1.807, 2.05) is 42.5 Å². The zero-order valence-electron chi connectivity index (χ0n) is 18.4. The number of nitriles is 1. The first-order valence-electron chi connectivity index (χ1n) is 11.3. The van der Waals surface area contributed by atoms with Gasteiger partial charge in [-0.05, 0) is 49.4 Å². The molecule has 0 aliphatic carbocycles. The molecule has 1 aromatic carbocycles. The minimum atomic E-state index is 0.659. The van der Waals surface area contributed by atoms with Crippen molar-refractivity contribution in [1.29, 1.82) is 5.26 Å². The highest BCUT2D eigenvalue weighted by molar-refractivity contribution is 5.69. The van der Waals surface area contributed by atoms with E-state index in [2.05, 4.69) is 39.5 Å². The van der Waals surface area contributed by atoms with Gasteiger partial charge in [0.05, 0.1) is 29.3 Å². The fraction of sp³-hybridized carbons (Fsp3) is 0.308. The van der Waals surface area contributed by atoms with Gasteiger partial charge in [-0.25, -0.2) is 4.98 Å². The Bertz CT molecular complexity index is 1230. The molecule has 0 radical (unpaired) electrons. The third-order valence-electron chi connectivity index (χ3n) is 6.19. The van der Waals surface area contributed by atoms with Gasteiger partial charge < -0.3 is 13.7 Å². The molecule has 1 aliphatic heterocycles. The summed E-state index contributed by atoms with van der Waals surface area (Å²) in [5.41, 5.74) is 5.78. The first-order valence-corrected chi connectivity index (χ1v) is 11.3. The predicted molar refractivity (Wildman–Crippen MR) is 125 cm³/mol. The zero-order chi connectivity index (χ0) is 21.9. The van der Waals surface area contributed by atoms with E-state index in [1.54, 1.807) is 6.26 Å². The lowest BCUT2D eigenvalue weighted by molar-refractivity contribution is 0.126. The van der Waals surface area contributed by atoms with Crippen LogP contribution in [0.5, 0.6) is 0 Å². The van der Waals surface area contributed by atoms with Crippen LogP contribution < -0.4 is 0 Å². The second-order valence-electron chi connectivity index (χ2n) is 8.34. The van der Waals surface area contributed by atoms with E-state index in [4.69, 9.17) is 9.40 Å². The highest BCUT2D eigenvalue weighted by atomic mass is 16.3. The van der Waals surface area contributed by atoms with E-state index in [0.29, 0.717) is 5.56 Å². The second-order valence-corrected chi connectivity index (χ2v) is 8.34. The summed E-state index contributed by atoms with van der Waals surface area (Å²) >= 11 is 0. The Morgan fingerprint density at radius 3 is 2.41 bits per heavy atom. The second kappa shape index (κ2) is 8.99. The van der Waals surface area contributed by atoms with Gasteiger partial charge in [-0.15, -0.1) is 0 Å². The molecule has 1 saturated heterocycles. The number of pyridine rings is 1. The molecule has 0 spiro atoms. The molecule has 32 heavy (non-hydrogen) atoms. The number of hydrogen-bond donors (Lipinski definition) is 0. The molecular weight excluding hydrogens is 398 g/mol. The number of imidazole rings is 1. The first-order chi connectivity index (χ1) is 15.7. The van der Waals surface area contributed by atoms with Crippen molar-refractivity contribution < 1.29 is 4.42 Å². The van der Waals surface area contributed by atoms with Crippen LogP contribution in [0.3, 0.4) is 0 Å². The van der Waals surface area contributed by atoms with E-state index >= 15 is 0 Å². The molecule has 3 aromatic heterocycles. The Morgan fingerprint density at radius 2 is 1.72 bits per heavy atom. The van der Waals surface area contributed by atoms with E-state index < -0.39 is 0 Å². The SMILES string of the molecule is CCCN1CCN(Cc2c(-c3ccc(C#N)cc3)nc3ccc(-c4ccco4)cn23)CC1. The van der Waals surface area contributed by atoms with Crippen LogP contribution in [0.25, 0.3) is 28.2 Å². The molecule has 6 heteroatoms. The standard InChI is InChI=1S/C26H27N5O/c1-2-11-29-12-14-30(15-13-29)19-23-26(21-7-5-20(17-27)6-8-21)28-25-10-9-22(18-31(23)25)24-4-3-16-32-24/h3-10,16,18H,2,11-15,19H2,1H3. The summed E-state index contributed by atoms with van der Waals surface area (Å²) in [7, 11) is 0. The number of hydrogen-bond acceptors (Lipinski definition) is 5. The normalized spacial score (nSPS) is 15.2. The smallest absolute Gasteiger partial charge is 0.137 e. The molecule has 0 amide bonds. The Balaban J connectivity index is 1.53. The van der Waals surface area contributed by atoms with Gasteiger partial charge in [0.1, 0.15) is 11.4 Å². The Hall–Kier alpha value is -3.40. The molecule has 0 saturated carbocycles. The summed E-state index contributed by atoms with van der Waals surface area (Å²) < 4.78 is 7.83. The van der Waals surface area contributed by atoms with Crippen LogP contribution in [0.4, 0.5) is 0 Å². The number of aromatic nitrogens is 2. The summed E-state index contributed by atoms with van der Waals surface area (Å²) in [5, 5.41) is 9.18. The van der Waals surface area contributed by atoms with E-state index in [-0.39, 0.29) is 0 Å². The molecule has 0 unspecified atom stereocenters. The number of piperazine rings is 1. The van der Waals surface area contributed by atoms with Crippen LogP contribution in [0.15, 0.2) is 65.4 Å². The van der Waals surface area contributed by atoms with Gasteiger partial charge in [-0.2, -0.15) is 5.26 Å². The summed E-state index contributed by atoms with van der Waals surface area (Å²) in [4.78, 5) is 10.0. The number of nitrogens with zero attached hydrogens (tertiary/aromatic N) is 5. The van der Waals surface area contributed by atoms with E-state index in [0.717, 1.165) is 61.0 Å². The van der Waals surface area contributed by atoms with Crippen LogP contribution in [0.2, 0.25) is 0 Å². The average molecular weight is 426 g/mol. The molecule has 0 bridgehead atoms. The van der Waals surface area contributed by atoms with Crippen molar-refractivity contribution in [2.75, 3.05) is 32.7 Å². The van der Waals surface area contributed by atoms with Gasteiger partial charge in [-0.3, -0.25) is 4.90 Å². The summed E-state index contributed by atoms with van der Waals surface area (Å²) in [6.07, 6.45) is 5.02. The summed E-state index contributed by atoms with van der Waals surface area (Å²) in [5.74, 6) is 0.847. The lowest BCUT2D eigenvalue weighted by atomic mass is 10.1. The minimum absolute atomic E-state index is 0.659. The van der Waals surface area contributed by atoms with Crippen molar-refractivity contribution in [3.8, 4) is 28.7 Å². The molecule has 4 heterocycles. The van der Waals surface area contributed by atoms with Crippen LogP contribution in [0, 0.1) is 11.3 Å².